The van der Waals surface area contributed by atoms with Crippen LogP contribution in [-0.2, 0) is 0 Å². The van der Waals surface area contributed by atoms with Crippen LogP contribution >= 0.6 is 11.6 Å². The first kappa shape index (κ1) is 12.7. The van der Waals surface area contributed by atoms with E-state index in [0.29, 0.717) is 10.8 Å². The molecular weight excluding hydrogens is 274 g/mol. The summed E-state index contributed by atoms with van der Waals surface area (Å²) in [5, 5.41) is 0.347. The van der Waals surface area contributed by atoms with Crippen molar-refractivity contribution in [1.29, 1.82) is 0 Å². The minimum absolute atomic E-state index is 0.0545. The lowest BCUT2D eigenvalue weighted by Crippen LogP contribution is -2.06. The molecule has 3 rings (SSSR count). The lowest BCUT2D eigenvalue weighted by atomic mass is 9.92. The number of halogens is 1. The van der Waals surface area contributed by atoms with E-state index in [1.165, 1.54) is 0 Å². The molecule has 0 spiro atoms. The van der Waals surface area contributed by atoms with Gasteiger partial charge in [0.25, 0.3) is 0 Å². The molecule has 1 unspecified atom stereocenters. The zero-order valence-corrected chi connectivity index (χ0v) is 11.6. The lowest BCUT2D eigenvalue weighted by Gasteiger charge is -2.16. The summed E-state index contributed by atoms with van der Waals surface area (Å²) in [5.41, 5.74) is 16.2. The Kier molecular flexibility index (Phi) is 2.99. The molecule has 0 aliphatic carbocycles. The second-order valence-electron chi connectivity index (χ2n) is 4.73. The Balaban J connectivity index is 2.09. The van der Waals surface area contributed by atoms with Crippen LogP contribution in [0.15, 0.2) is 30.6 Å². The van der Waals surface area contributed by atoms with Crippen molar-refractivity contribution in [3.8, 4) is 0 Å². The Morgan fingerprint density at radius 1 is 1.25 bits per heavy atom. The molecule has 3 aromatic rings. The SMILES string of the molecule is CC(c1ccc2[nH]cnc2c1)c1cc(Cl)nc(N)c1N. The van der Waals surface area contributed by atoms with E-state index in [9.17, 15) is 0 Å². The molecule has 20 heavy (non-hydrogen) atoms. The fourth-order valence-electron chi connectivity index (χ4n) is 2.32. The quantitative estimate of drug-likeness (QED) is 0.632. The normalized spacial score (nSPS) is 12.7. The van der Waals surface area contributed by atoms with Gasteiger partial charge in [0, 0.05) is 5.92 Å². The van der Waals surface area contributed by atoms with Gasteiger partial charge in [-0.25, -0.2) is 9.97 Å². The number of H-pyrrole nitrogens is 1. The van der Waals surface area contributed by atoms with E-state index in [4.69, 9.17) is 23.1 Å². The highest BCUT2D eigenvalue weighted by Gasteiger charge is 2.16. The first-order chi connectivity index (χ1) is 9.56. The standard InChI is InChI=1S/C14H14ClN5/c1-7(9-5-12(15)20-14(17)13(9)16)8-2-3-10-11(4-8)19-6-18-10/h2-7H,16H2,1H3,(H2,17,20)(H,18,19). The molecule has 1 atom stereocenters. The van der Waals surface area contributed by atoms with E-state index in [-0.39, 0.29) is 11.7 Å². The van der Waals surface area contributed by atoms with E-state index in [1.807, 2.05) is 18.2 Å². The van der Waals surface area contributed by atoms with Gasteiger partial charge in [0.2, 0.25) is 0 Å². The van der Waals surface area contributed by atoms with E-state index in [0.717, 1.165) is 22.2 Å². The number of pyridine rings is 1. The summed E-state index contributed by atoms with van der Waals surface area (Å²) in [7, 11) is 0. The van der Waals surface area contributed by atoms with Crippen molar-refractivity contribution in [3.05, 3.63) is 46.9 Å². The molecule has 2 heterocycles. The third-order valence-electron chi connectivity index (χ3n) is 3.50. The molecule has 0 radical (unpaired) electrons. The van der Waals surface area contributed by atoms with Crippen LogP contribution < -0.4 is 11.5 Å². The van der Waals surface area contributed by atoms with Crippen molar-refractivity contribution in [2.45, 2.75) is 12.8 Å². The highest BCUT2D eigenvalue weighted by atomic mass is 35.5. The zero-order chi connectivity index (χ0) is 14.3. The van der Waals surface area contributed by atoms with Crippen LogP contribution in [0.4, 0.5) is 11.5 Å². The first-order valence-corrected chi connectivity index (χ1v) is 6.58. The van der Waals surface area contributed by atoms with Gasteiger partial charge in [-0.2, -0.15) is 0 Å². The number of nitrogens with zero attached hydrogens (tertiary/aromatic N) is 2. The number of hydrogen-bond acceptors (Lipinski definition) is 4. The second-order valence-corrected chi connectivity index (χ2v) is 5.12. The number of aromatic nitrogens is 3. The van der Waals surface area contributed by atoms with Crippen LogP contribution in [0.1, 0.15) is 24.0 Å². The average molecular weight is 288 g/mol. The smallest absolute Gasteiger partial charge is 0.148 e. The van der Waals surface area contributed by atoms with Crippen molar-refractivity contribution < 1.29 is 0 Å². The van der Waals surface area contributed by atoms with Crippen molar-refractivity contribution in [2.75, 3.05) is 11.5 Å². The molecule has 0 bridgehead atoms. The molecule has 0 amide bonds. The molecule has 1 aromatic carbocycles. The molecule has 0 saturated carbocycles. The Labute approximate surface area is 121 Å². The van der Waals surface area contributed by atoms with Crippen LogP contribution in [-0.4, -0.2) is 15.0 Å². The molecule has 102 valence electrons. The Morgan fingerprint density at radius 3 is 2.85 bits per heavy atom. The maximum atomic E-state index is 6.01. The topological polar surface area (TPSA) is 93.6 Å². The summed E-state index contributed by atoms with van der Waals surface area (Å²) in [6.45, 7) is 2.05. The molecule has 0 fully saturated rings. The minimum Gasteiger partial charge on any atom is -0.396 e. The van der Waals surface area contributed by atoms with Crippen LogP contribution in [0.2, 0.25) is 5.15 Å². The Hall–Kier alpha value is -2.27. The van der Waals surface area contributed by atoms with Crippen molar-refractivity contribution >= 4 is 34.1 Å². The van der Waals surface area contributed by atoms with E-state index < -0.39 is 0 Å². The third kappa shape index (κ3) is 2.06. The van der Waals surface area contributed by atoms with Gasteiger partial charge in [-0.15, -0.1) is 0 Å². The van der Waals surface area contributed by atoms with Gasteiger partial charge >= 0.3 is 0 Å². The Morgan fingerprint density at radius 2 is 2.05 bits per heavy atom. The number of anilines is 2. The molecule has 0 aliphatic heterocycles. The largest absolute Gasteiger partial charge is 0.396 e. The number of nitrogens with two attached hydrogens (primary N) is 2. The molecule has 5 N–H and O–H groups in total. The highest BCUT2D eigenvalue weighted by Crippen LogP contribution is 2.33. The first-order valence-electron chi connectivity index (χ1n) is 6.20. The summed E-state index contributed by atoms with van der Waals surface area (Å²) >= 11 is 5.97. The summed E-state index contributed by atoms with van der Waals surface area (Å²) in [6, 6.07) is 7.82. The number of imidazole rings is 1. The maximum Gasteiger partial charge on any atom is 0.148 e. The predicted octanol–water partition coefficient (Wildman–Crippen LogP) is 2.93. The average Bonchev–Trinajstić information content (AvgIpc) is 2.89. The molecule has 6 heteroatoms. The Bertz CT molecular complexity index is 780. The number of nitrogens with one attached hydrogen (secondary N) is 1. The molecule has 5 nitrogen and oxygen atoms in total. The third-order valence-corrected chi connectivity index (χ3v) is 3.69. The number of hydrogen-bond donors (Lipinski definition) is 3. The van der Waals surface area contributed by atoms with Gasteiger partial charge in [-0.3, -0.25) is 0 Å². The fourth-order valence-corrected chi connectivity index (χ4v) is 2.53. The van der Waals surface area contributed by atoms with Gasteiger partial charge in [-0.1, -0.05) is 24.6 Å². The number of nitrogen functional groups attached to an aromatic ring is 2. The van der Waals surface area contributed by atoms with Crippen molar-refractivity contribution in [2.24, 2.45) is 0 Å². The highest BCUT2D eigenvalue weighted by molar-refractivity contribution is 6.29. The van der Waals surface area contributed by atoms with E-state index >= 15 is 0 Å². The van der Waals surface area contributed by atoms with E-state index in [1.54, 1.807) is 12.4 Å². The van der Waals surface area contributed by atoms with Gasteiger partial charge in [0.15, 0.2) is 0 Å². The van der Waals surface area contributed by atoms with Gasteiger partial charge in [-0.05, 0) is 29.3 Å². The monoisotopic (exact) mass is 287 g/mol. The predicted molar refractivity (Wildman–Crippen MR) is 81.7 cm³/mol. The maximum absolute atomic E-state index is 6.01. The number of benzene rings is 1. The summed E-state index contributed by atoms with van der Waals surface area (Å²) in [4.78, 5) is 11.3. The van der Waals surface area contributed by atoms with Crippen LogP contribution in [0, 0.1) is 0 Å². The summed E-state index contributed by atoms with van der Waals surface area (Å²) < 4.78 is 0. The van der Waals surface area contributed by atoms with Gasteiger partial charge in [0.05, 0.1) is 23.0 Å². The molecule has 2 aromatic heterocycles. The zero-order valence-electron chi connectivity index (χ0n) is 10.9. The van der Waals surface area contributed by atoms with Crippen LogP contribution in [0.25, 0.3) is 11.0 Å². The summed E-state index contributed by atoms with van der Waals surface area (Å²) in [6.07, 6.45) is 1.68. The van der Waals surface area contributed by atoms with Crippen LogP contribution in [0.5, 0.6) is 0 Å². The number of fused-ring (bicyclic) bond motifs is 1. The lowest BCUT2D eigenvalue weighted by molar-refractivity contribution is 0.924. The van der Waals surface area contributed by atoms with Gasteiger partial charge < -0.3 is 16.5 Å². The van der Waals surface area contributed by atoms with E-state index in [2.05, 4.69) is 21.9 Å². The van der Waals surface area contributed by atoms with Crippen molar-refractivity contribution in [3.63, 3.8) is 0 Å². The number of rotatable bonds is 2. The van der Waals surface area contributed by atoms with Gasteiger partial charge in [0.1, 0.15) is 11.0 Å². The number of aromatic amines is 1. The van der Waals surface area contributed by atoms with Crippen LogP contribution in [0.3, 0.4) is 0 Å². The fraction of sp³-hybridized carbons (Fsp3) is 0.143. The molecule has 0 aliphatic rings. The minimum atomic E-state index is 0.0545. The second kappa shape index (κ2) is 4.68. The molecule has 0 saturated heterocycles. The van der Waals surface area contributed by atoms with Crippen molar-refractivity contribution in [1.82, 2.24) is 15.0 Å². The summed E-state index contributed by atoms with van der Waals surface area (Å²) in [5.74, 6) is 0.319. The molecular formula is C14H14ClN5.